The van der Waals surface area contributed by atoms with Gasteiger partial charge in [-0.1, -0.05) is 0 Å². The topological polar surface area (TPSA) is 80.0 Å². The minimum atomic E-state index is -4.43. The predicted octanol–water partition coefficient (Wildman–Crippen LogP) is 3.23. The molecule has 7 nitrogen and oxygen atoms in total. The van der Waals surface area contributed by atoms with Gasteiger partial charge in [-0.2, -0.15) is 13.2 Å². The lowest BCUT2D eigenvalue weighted by atomic mass is 10.2. The Hall–Kier alpha value is -2.22. The number of hydrogen-bond acceptors (Lipinski definition) is 5. The van der Waals surface area contributed by atoms with E-state index in [0.29, 0.717) is 17.5 Å². The molecule has 0 atom stereocenters. The predicted molar refractivity (Wildman–Crippen MR) is 111 cm³/mol. The van der Waals surface area contributed by atoms with E-state index in [1.807, 2.05) is 12.1 Å². The molecule has 0 saturated carbocycles. The zero-order valence-corrected chi connectivity index (χ0v) is 17.8. The third-order valence-corrected chi connectivity index (χ3v) is 4.36. The summed E-state index contributed by atoms with van der Waals surface area (Å²) >= 11 is 0.950. The van der Waals surface area contributed by atoms with Crippen molar-refractivity contribution < 1.29 is 13.2 Å². The molecule has 0 amide bonds. The fraction of sp³-hybridized carbons (Fsp3) is 0.250. The summed E-state index contributed by atoms with van der Waals surface area (Å²) < 4.78 is 39.5. The van der Waals surface area contributed by atoms with Crippen molar-refractivity contribution in [1.29, 1.82) is 0 Å². The number of pyridine rings is 1. The maximum atomic E-state index is 12.6. The van der Waals surface area contributed by atoms with Gasteiger partial charge in [0.15, 0.2) is 11.7 Å². The van der Waals surface area contributed by atoms with Gasteiger partial charge in [-0.25, -0.2) is 15.0 Å². The van der Waals surface area contributed by atoms with Crippen LogP contribution in [0, 0.1) is 0 Å². The first-order valence-corrected chi connectivity index (χ1v) is 8.73. The van der Waals surface area contributed by atoms with Crippen LogP contribution in [0.3, 0.4) is 0 Å². The molecule has 3 rings (SSSR count). The molecule has 3 aromatic rings. The smallest absolute Gasteiger partial charge is 0.352 e. The van der Waals surface area contributed by atoms with E-state index < -0.39 is 11.9 Å². The van der Waals surface area contributed by atoms with Crippen LogP contribution in [-0.2, 0) is 19.3 Å². The molecular formula is C16H17F3IN7S. The second-order valence-corrected chi connectivity index (χ2v) is 6.34. The van der Waals surface area contributed by atoms with Crippen LogP contribution in [-0.4, -0.2) is 32.5 Å². The van der Waals surface area contributed by atoms with Crippen LogP contribution in [0.15, 0.2) is 47.4 Å². The third kappa shape index (κ3) is 5.89. The van der Waals surface area contributed by atoms with Gasteiger partial charge in [0.1, 0.15) is 17.2 Å². The number of halogens is 4. The minimum absolute atomic E-state index is 0. The van der Waals surface area contributed by atoms with Gasteiger partial charge < -0.3 is 10.6 Å². The fourth-order valence-corrected chi connectivity index (χ4v) is 2.93. The van der Waals surface area contributed by atoms with Crippen molar-refractivity contribution in [3.63, 3.8) is 0 Å². The first-order chi connectivity index (χ1) is 13.0. The molecule has 150 valence electrons. The number of alkyl halides is 3. The molecular weight excluding hydrogens is 506 g/mol. The van der Waals surface area contributed by atoms with Crippen molar-refractivity contribution in [2.75, 3.05) is 7.05 Å². The Labute approximate surface area is 180 Å². The minimum Gasteiger partial charge on any atom is -0.352 e. The molecule has 0 aliphatic carbocycles. The van der Waals surface area contributed by atoms with E-state index in [1.165, 1.54) is 0 Å². The monoisotopic (exact) mass is 523 g/mol. The molecule has 3 heterocycles. The molecule has 3 aromatic heterocycles. The van der Waals surface area contributed by atoms with Gasteiger partial charge in [0.25, 0.3) is 0 Å². The highest BCUT2D eigenvalue weighted by molar-refractivity contribution is 14.0. The average molecular weight is 523 g/mol. The van der Waals surface area contributed by atoms with E-state index in [1.54, 1.807) is 36.5 Å². The van der Waals surface area contributed by atoms with Crippen LogP contribution in [0.5, 0.6) is 0 Å². The normalized spacial score (nSPS) is 11.8. The summed E-state index contributed by atoms with van der Waals surface area (Å²) in [4.78, 5) is 15.9. The lowest BCUT2D eigenvalue weighted by molar-refractivity contribution is -0.140. The molecule has 0 spiro atoms. The quantitative estimate of drug-likeness (QED) is 0.305. The van der Waals surface area contributed by atoms with Gasteiger partial charge in [-0.05, 0) is 17.7 Å². The molecule has 2 N–H and O–H groups in total. The van der Waals surface area contributed by atoms with E-state index in [0.717, 1.165) is 28.1 Å². The summed E-state index contributed by atoms with van der Waals surface area (Å²) in [5.74, 6) is 1.19. The first-order valence-electron chi connectivity index (χ1n) is 7.85. The Kier molecular flexibility index (Phi) is 7.74. The van der Waals surface area contributed by atoms with Gasteiger partial charge in [-0.15, -0.1) is 35.3 Å². The molecule has 0 radical (unpaired) electrons. The van der Waals surface area contributed by atoms with Crippen molar-refractivity contribution in [2.45, 2.75) is 19.3 Å². The van der Waals surface area contributed by atoms with E-state index in [2.05, 4.69) is 30.6 Å². The van der Waals surface area contributed by atoms with Crippen LogP contribution in [0.1, 0.15) is 16.3 Å². The maximum absolute atomic E-state index is 12.6. The third-order valence-electron chi connectivity index (χ3n) is 3.51. The number of aliphatic imine (C=N–C) groups is 1. The van der Waals surface area contributed by atoms with Crippen molar-refractivity contribution in [3.8, 4) is 5.82 Å². The highest BCUT2D eigenvalue weighted by atomic mass is 127. The highest BCUT2D eigenvalue weighted by Crippen LogP contribution is 2.29. The average Bonchev–Trinajstić information content (AvgIpc) is 3.34. The number of nitrogens with zero attached hydrogens (tertiary/aromatic N) is 5. The van der Waals surface area contributed by atoms with Crippen molar-refractivity contribution in [3.05, 3.63) is 58.7 Å². The lowest BCUT2D eigenvalue weighted by Crippen LogP contribution is -2.36. The van der Waals surface area contributed by atoms with E-state index in [4.69, 9.17) is 0 Å². The Morgan fingerprint density at radius 3 is 2.68 bits per heavy atom. The highest BCUT2D eigenvalue weighted by Gasteiger charge is 2.33. The van der Waals surface area contributed by atoms with Crippen molar-refractivity contribution in [1.82, 2.24) is 30.2 Å². The number of guanidine groups is 1. The number of thiazole rings is 1. The van der Waals surface area contributed by atoms with E-state index in [9.17, 15) is 13.2 Å². The second kappa shape index (κ2) is 9.82. The van der Waals surface area contributed by atoms with Gasteiger partial charge in [0, 0.05) is 37.6 Å². The second-order valence-electron chi connectivity index (χ2n) is 5.40. The van der Waals surface area contributed by atoms with Crippen molar-refractivity contribution in [2.24, 2.45) is 4.99 Å². The fourth-order valence-electron chi connectivity index (χ4n) is 2.19. The van der Waals surface area contributed by atoms with Crippen LogP contribution >= 0.6 is 35.3 Å². The number of imidazole rings is 1. The van der Waals surface area contributed by atoms with Crippen LogP contribution < -0.4 is 10.6 Å². The van der Waals surface area contributed by atoms with E-state index in [-0.39, 0.29) is 30.5 Å². The Morgan fingerprint density at radius 2 is 2.04 bits per heavy atom. The largest absolute Gasteiger partial charge is 0.434 e. The molecule has 0 saturated heterocycles. The summed E-state index contributed by atoms with van der Waals surface area (Å²) in [6.45, 7) is 0.618. The molecule has 28 heavy (non-hydrogen) atoms. The molecule has 0 unspecified atom stereocenters. The molecule has 0 fully saturated rings. The molecule has 12 heteroatoms. The first kappa shape index (κ1) is 22.1. The number of nitrogens with one attached hydrogen (secondary N) is 2. The zero-order chi connectivity index (χ0) is 19.3. The molecule has 0 aromatic carbocycles. The lowest BCUT2D eigenvalue weighted by Gasteiger charge is -2.11. The van der Waals surface area contributed by atoms with Gasteiger partial charge in [0.2, 0.25) is 0 Å². The molecule has 0 bridgehead atoms. The Bertz CT molecular complexity index is 909. The number of aromatic nitrogens is 4. The number of hydrogen-bond donors (Lipinski definition) is 2. The zero-order valence-electron chi connectivity index (χ0n) is 14.6. The Morgan fingerprint density at radius 1 is 1.25 bits per heavy atom. The number of rotatable bonds is 5. The summed E-state index contributed by atoms with van der Waals surface area (Å²) in [5, 5.41) is 7.39. The van der Waals surface area contributed by atoms with Gasteiger partial charge in [-0.3, -0.25) is 9.56 Å². The molecule has 0 aliphatic heterocycles. The van der Waals surface area contributed by atoms with Crippen LogP contribution in [0.4, 0.5) is 13.2 Å². The summed E-state index contributed by atoms with van der Waals surface area (Å²) in [6.07, 6.45) is 2.38. The van der Waals surface area contributed by atoms with Gasteiger partial charge >= 0.3 is 6.18 Å². The van der Waals surface area contributed by atoms with E-state index >= 15 is 0 Å². The maximum Gasteiger partial charge on any atom is 0.434 e. The standard InChI is InChI=1S/C16H16F3N7S.HI/c1-20-15(24-8-14-25-12(9-27-14)16(17,18)19)23-7-11-2-3-22-13(6-11)26-5-4-21-10-26;/h2-6,9-10H,7-8H2,1H3,(H2,20,23,24);1H. The SMILES string of the molecule is CN=C(NCc1ccnc(-n2ccnc2)c1)NCc1nc(C(F)(F)F)cs1.I. The summed E-state index contributed by atoms with van der Waals surface area (Å²) in [5.41, 5.74) is 0.0846. The van der Waals surface area contributed by atoms with Crippen LogP contribution in [0.2, 0.25) is 0 Å². The summed E-state index contributed by atoms with van der Waals surface area (Å²) in [7, 11) is 1.59. The molecule has 0 aliphatic rings. The Balaban J connectivity index is 0.00000280. The summed E-state index contributed by atoms with van der Waals surface area (Å²) in [6, 6.07) is 3.76. The van der Waals surface area contributed by atoms with Gasteiger partial charge in [0.05, 0.1) is 6.54 Å². The van der Waals surface area contributed by atoms with Crippen LogP contribution in [0.25, 0.3) is 5.82 Å². The van der Waals surface area contributed by atoms with Crippen molar-refractivity contribution >= 4 is 41.3 Å².